The number of methoxy groups -OCH3 is 1. The predicted molar refractivity (Wildman–Crippen MR) is 80.0 cm³/mol. The van der Waals surface area contributed by atoms with Crippen LogP contribution in [0.25, 0.3) is 0 Å². The Morgan fingerprint density at radius 1 is 1.04 bits per heavy atom. The molecule has 7 heteroatoms. The number of nitrogens with zero attached hydrogens (tertiary/aromatic N) is 1. The fourth-order valence-electron chi connectivity index (χ4n) is 1.88. The Bertz CT molecular complexity index is 756. The van der Waals surface area contributed by atoms with Gasteiger partial charge in [-0.05, 0) is 23.8 Å². The van der Waals surface area contributed by atoms with E-state index in [9.17, 15) is 19.7 Å². The number of rotatable bonds is 5. The van der Waals surface area contributed by atoms with E-state index in [0.29, 0.717) is 11.1 Å². The number of carbonyl (C=O) groups excluding carboxylic acids is 2. The van der Waals surface area contributed by atoms with Gasteiger partial charge in [0.25, 0.3) is 5.69 Å². The topological polar surface area (TPSA) is 95.7 Å². The highest BCUT2D eigenvalue weighted by Crippen LogP contribution is 2.15. The molecule has 0 bridgehead atoms. The Morgan fingerprint density at radius 3 is 2.35 bits per heavy atom. The number of benzene rings is 2. The van der Waals surface area contributed by atoms with Gasteiger partial charge < -0.3 is 9.47 Å². The van der Waals surface area contributed by atoms with Crippen molar-refractivity contribution in [3.05, 3.63) is 75.3 Å². The Morgan fingerprint density at radius 2 is 1.70 bits per heavy atom. The van der Waals surface area contributed by atoms with E-state index < -0.39 is 16.9 Å². The van der Waals surface area contributed by atoms with Crippen molar-refractivity contribution in [3.8, 4) is 0 Å². The summed E-state index contributed by atoms with van der Waals surface area (Å²) in [5.74, 6) is -1.17. The lowest BCUT2D eigenvalue weighted by Crippen LogP contribution is -2.07. The summed E-state index contributed by atoms with van der Waals surface area (Å²) in [6.45, 7) is -0.0631. The molecule has 0 atom stereocenters. The van der Waals surface area contributed by atoms with Crippen molar-refractivity contribution in [2.24, 2.45) is 0 Å². The Balaban J connectivity index is 2.06. The van der Waals surface area contributed by atoms with Crippen LogP contribution in [0.15, 0.2) is 48.5 Å². The van der Waals surface area contributed by atoms with Gasteiger partial charge in [0.2, 0.25) is 0 Å². The zero-order valence-electron chi connectivity index (χ0n) is 12.2. The van der Waals surface area contributed by atoms with Gasteiger partial charge in [0.05, 0.1) is 23.2 Å². The van der Waals surface area contributed by atoms with Gasteiger partial charge in [-0.3, -0.25) is 10.1 Å². The van der Waals surface area contributed by atoms with E-state index in [2.05, 4.69) is 4.74 Å². The maximum Gasteiger partial charge on any atom is 0.338 e. The lowest BCUT2D eigenvalue weighted by Gasteiger charge is -2.06. The smallest absolute Gasteiger partial charge is 0.338 e. The second-order valence-corrected chi connectivity index (χ2v) is 4.58. The molecule has 0 saturated carbocycles. The maximum absolute atomic E-state index is 11.9. The van der Waals surface area contributed by atoms with Crippen molar-refractivity contribution >= 4 is 17.6 Å². The van der Waals surface area contributed by atoms with E-state index in [1.807, 2.05) is 0 Å². The van der Waals surface area contributed by atoms with Gasteiger partial charge in [-0.1, -0.05) is 18.2 Å². The zero-order valence-corrected chi connectivity index (χ0v) is 12.2. The van der Waals surface area contributed by atoms with Gasteiger partial charge in [0, 0.05) is 12.1 Å². The van der Waals surface area contributed by atoms with Crippen LogP contribution in [-0.4, -0.2) is 24.0 Å². The molecule has 0 aliphatic rings. The first-order chi connectivity index (χ1) is 11.0. The van der Waals surface area contributed by atoms with Crippen LogP contribution in [0.2, 0.25) is 0 Å². The summed E-state index contributed by atoms with van der Waals surface area (Å²) in [5.41, 5.74) is 0.846. The lowest BCUT2D eigenvalue weighted by molar-refractivity contribution is -0.384. The van der Waals surface area contributed by atoms with Gasteiger partial charge in [-0.2, -0.15) is 0 Å². The molecule has 0 aromatic heterocycles. The third-order valence-corrected chi connectivity index (χ3v) is 3.01. The monoisotopic (exact) mass is 315 g/mol. The Kier molecular flexibility index (Phi) is 5.03. The molecular weight excluding hydrogens is 302 g/mol. The molecule has 0 saturated heterocycles. The number of hydrogen-bond acceptors (Lipinski definition) is 6. The van der Waals surface area contributed by atoms with Crippen molar-refractivity contribution in [1.29, 1.82) is 0 Å². The Labute approximate surface area is 131 Å². The van der Waals surface area contributed by atoms with Crippen LogP contribution in [0.4, 0.5) is 5.69 Å². The van der Waals surface area contributed by atoms with E-state index >= 15 is 0 Å². The molecule has 0 fully saturated rings. The second kappa shape index (κ2) is 7.17. The fourth-order valence-corrected chi connectivity index (χ4v) is 1.88. The largest absolute Gasteiger partial charge is 0.465 e. The molecule has 0 aliphatic heterocycles. The average Bonchev–Trinajstić information content (AvgIpc) is 2.59. The molecule has 0 aliphatic carbocycles. The quantitative estimate of drug-likeness (QED) is 0.478. The molecule has 118 valence electrons. The minimum absolute atomic E-state index is 0.0631. The SMILES string of the molecule is COC(=O)c1cccc(COC(=O)c2cccc([N+](=O)[O-])c2)c1. The van der Waals surface area contributed by atoms with Crippen LogP contribution < -0.4 is 0 Å². The van der Waals surface area contributed by atoms with Crippen molar-refractivity contribution in [2.75, 3.05) is 7.11 Å². The van der Waals surface area contributed by atoms with Crippen LogP contribution in [-0.2, 0) is 16.1 Å². The number of nitro benzene ring substituents is 1. The molecule has 2 rings (SSSR count). The van der Waals surface area contributed by atoms with Crippen LogP contribution in [0.5, 0.6) is 0 Å². The first-order valence-corrected chi connectivity index (χ1v) is 6.60. The van der Waals surface area contributed by atoms with Crippen molar-refractivity contribution in [3.63, 3.8) is 0 Å². The molecule has 0 amide bonds. The first kappa shape index (κ1) is 16.2. The molecule has 2 aromatic rings. The standard InChI is InChI=1S/C16H13NO6/c1-22-15(18)12-5-2-4-11(8-12)10-23-16(19)13-6-3-7-14(9-13)17(20)21/h2-9H,10H2,1H3. The third-order valence-electron chi connectivity index (χ3n) is 3.01. The molecule has 7 nitrogen and oxygen atoms in total. The van der Waals surface area contributed by atoms with Crippen molar-refractivity contribution in [2.45, 2.75) is 6.61 Å². The number of carbonyl (C=O) groups is 2. The molecule has 0 spiro atoms. The van der Waals surface area contributed by atoms with E-state index in [4.69, 9.17) is 4.74 Å². The number of nitro groups is 1. The van der Waals surface area contributed by atoms with Crippen LogP contribution in [0, 0.1) is 10.1 Å². The van der Waals surface area contributed by atoms with Crippen molar-refractivity contribution in [1.82, 2.24) is 0 Å². The molecular formula is C16H13NO6. The summed E-state index contributed by atoms with van der Waals surface area (Å²) in [5, 5.41) is 10.7. The van der Waals surface area contributed by atoms with Gasteiger partial charge in [-0.25, -0.2) is 9.59 Å². The van der Waals surface area contributed by atoms with Crippen molar-refractivity contribution < 1.29 is 24.0 Å². The lowest BCUT2D eigenvalue weighted by atomic mass is 10.1. The third kappa shape index (κ3) is 4.13. The minimum atomic E-state index is -0.683. The molecule has 0 radical (unpaired) electrons. The maximum atomic E-state index is 11.9. The molecule has 0 unspecified atom stereocenters. The number of ether oxygens (including phenoxy) is 2. The van der Waals surface area contributed by atoms with Crippen LogP contribution in [0.1, 0.15) is 26.3 Å². The summed E-state index contributed by atoms with van der Waals surface area (Å²) in [7, 11) is 1.28. The van der Waals surface area contributed by atoms with Crippen LogP contribution in [0.3, 0.4) is 0 Å². The highest BCUT2D eigenvalue weighted by molar-refractivity contribution is 5.90. The summed E-state index contributed by atoms with van der Waals surface area (Å²) in [6.07, 6.45) is 0. The molecule has 23 heavy (non-hydrogen) atoms. The molecule has 2 aromatic carbocycles. The zero-order chi connectivity index (χ0) is 16.8. The van der Waals surface area contributed by atoms with Gasteiger partial charge in [0.15, 0.2) is 0 Å². The van der Waals surface area contributed by atoms with E-state index in [1.54, 1.807) is 24.3 Å². The first-order valence-electron chi connectivity index (χ1n) is 6.60. The fraction of sp³-hybridized carbons (Fsp3) is 0.125. The van der Waals surface area contributed by atoms with Gasteiger partial charge in [-0.15, -0.1) is 0 Å². The number of non-ortho nitro benzene ring substituents is 1. The summed E-state index contributed by atoms with van der Waals surface area (Å²) < 4.78 is 9.71. The van der Waals surface area contributed by atoms with E-state index in [-0.39, 0.29) is 17.9 Å². The predicted octanol–water partition coefficient (Wildman–Crippen LogP) is 2.74. The number of hydrogen-bond donors (Lipinski definition) is 0. The summed E-state index contributed by atoms with van der Waals surface area (Å²) in [4.78, 5) is 33.5. The summed E-state index contributed by atoms with van der Waals surface area (Å²) >= 11 is 0. The normalized spacial score (nSPS) is 9.96. The average molecular weight is 315 g/mol. The number of esters is 2. The summed E-state index contributed by atoms with van der Waals surface area (Å²) in [6, 6.07) is 11.7. The highest BCUT2D eigenvalue weighted by Gasteiger charge is 2.13. The Hall–Kier alpha value is -3.22. The molecule has 0 heterocycles. The van der Waals surface area contributed by atoms with E-state index in [1.165, 1.54) is 25.3 Å². The van der Waals surface area contributed by atoms with Gasteiger partial charge >= 0.3 is 11.9 Å². The highest BCUT2D eigenvalue weighted by atomic mass is 16.6. The minimum Gasteiger partial charge on any atom is -0.465 e. The van der Waals surface area contributed by atoms with Gasteiger partial charge in [0.1, 0.15) is 6.61 Å². The second-order valence-electron chi connectivity index (χ2n) is 4.58. The van der Waals surface area contributed by atoms with E-state index in [0.717, 1.165) is 6.07 Å². The van der Waals surface area contributed by atoms with Crippen LogP contribution >= 0.6 is 0 Å². The molecule has 0 N–H and O–H groups in total.